The maximum Gasteiger partial charge on any atom is 0.161 e. The molecule has 0 amide bonds. The van der Waals surface area contributed by atoms with Crippen LogP contribution in [0.25, 0.3) is 0 Å². The van der Waals surface area contributed by atoms with Crippen LogP contribution in [0.5, 0.6) is 5.75 Å². The third-order valence-corrected chi connectivity index (χ3v) is 4.08. The Morgan fingerprint density at radius 2 is 2.00 bits per heavy atom. The van der Waals surface area contributed by atoms with E-state index in [1.807, 2.05) is 41.1 Å². The zero-order valence-electron chi connectivity index (χ0n) is 13.4. The Morgan fingerprint density at radius 1 is 1.12 bits per heavy atom. The first-order valence-electron chi connectivity index (χ1n) is 7.81. The van der Waals surface area contributed by atoms with Gasteiger partial charge in [-0.05, 0) is 12.1 Å². The summed E-state index contributed by atoms with van der Waals surface area (Å²) in [5.41, 5.74) is 2.07. The van der Waals surface area contributed by atoms with Gasteiger partial charge in [0.25, 0.3) is 0 Å². The Balaban J connectivity index is 1.56. The summed E-state index contributed by atoms with van der Waals surface area (Å²) in [6.07, 6.45) is 3.35. The number of benzene rings is 1. The van der Waals surface area contributed by atoms with Gasteiger partial charge in [-0.25, -0.2) is 9.97 Å². The lowest BCUT2D eigenvalue weighted by Crippen LogP contribution is -2.34. The van der Waals surface area contributed by atoms with Crippen molar-refractivity contribution in [2.24, 2.45) is 0 Å². The molecule has 24 heavy (non-hydrogen) atoms. The first-order valence-corrected chi connectivity index (χ1v) is 7.81. The second-order valence-electron chi connectivity index (χ2n) is 5.56. The first kappa shape index (κ1) is 14.5. The second-order valence-corrected chi connectivity index (χ2v) is 5.56. The SMILES string of the molecule is COc1cnn2c1CN(c1cc(Nc3ccccc3)ncn1)CC2. The summed E-state index contributed by atoms with van der Waals surface area (Å²) in [5.74, 6) is 2.48. The lowest BCUT2D eigenvalue weighted by atomic mass is 10.3. The Kier molecular flexibility index (Phi) is 3.74. The number of hydrogen-bond acceptors (Lipinski definition) is 6. The number of aromatic nitrogens is 4. The van der Waals surface area contributed by atoms with Crippen molar-refractivity contribution in [2.45, 2.75) is 13.1 Å². The molecule has 0 radical (unpaired) electrons. The molecule has 3 heterocycles. The van der Waals surface area contributed by atoms with Gasteiger partial charge in [0.05, 0.1) is 32.1 Å². The quantitative estimate of drug-likeness (QED) is 0.796. The predicted molar refractivity (Wildman–Crippen MR) is 91.6 cm³/mol. The average molecular weight is 322 g/mol. The van der Waals surface area contributed by atoms with Crippen molar-refractivity contribution < 1.29 is 4.74 Å². The zero-order valence-corrected chi connectivity index (χ0v) is 13.4. The van der Waals surface area contributed by atoms with E-state index < -0.39 is 0 Å². The van der Waals surface area contributed by atoms with E-state index in [1.54, 1.807) is 19.6 Å². The number of nitrogens with one attached hydrogen (secondary N) is 1. The van der Waals surface area contributed by atoms with Crippen molar-refractivity contribution in [3.63, 3.8) is 0 Å². The van der Waals surface area contributed by atoms with Crippen molar-refractivity contribution in [1.82, 2.24) is 19.7 Å². The standard InChI is InChI=1S/C17H18N6O/c1-24-15-10-20-23-8-7-22(11-14(15)23)17-9-16(18-12-19-17)21-13-5-3-2-4-6-13/h2-6,9-10,12H,7-8,11H2,1H3,(H,18,19,21). The fraction of sp³-hybridized carbons (Fsp3) is 0.235. The van der Waals surface area contributed by atoms with Gasteiger partial charge < -0.3 is 15.0 Å². The Bertz CT molecular complexity index is 819. The highest BCUT2D eigenvalue weighted by Gasteiger charge is 2.22. The van der Waals surface area contributed by atoms with E-state index in [0.29, 0.717) is 6.54 Å². The van der Waals surface area contributed by atoms with Crippen LogP contribution < -0.4 is 15.0 Å². The topological polar surface area (TPSA) is 68.1 Å². The fourth-order valence-electron chi connectivity index (χ4n) is 2.84. The summed E-state index contributed by atoms with van der Waals surface area (Å²) in [4.78, 5) is 10.9. The smallest absolute Gasteiger partial charge is 0.161 e. The van der Waals surface area contributed by atoms with E-state index >= 15 is 0 Å². The molecular weight excluding hydrogens is 304 g/mol. The molecule has 0 saturated carbocycles. The molecule has 122 valence electrons. The average Bonchev–Trinajstić information content (AvgIpc) is 3.05. The zero-order chi connectivity index (χ0) is 16.4. The van der Waals surface area contributed by atoms with Crippen molar-refractivity contribution in [3.8, 4) is 5.75 Å². The Labute approximate surface area is 139 Å². The molecule has 0 spiro atoms. The first-order chi connectivity index (χ1) is 11.8. The minimum Gasteiger partial charge on any atom is -0.493 e. The lowest BCUT2D eigenvalue weighted by molar-refractivity contribution is 0.401. The molecule has 4 rings (SSSR count). The lowest BCUT2D eigenvalue weighted by Gasteiger charge is -2.29. The van der Waals surface area contributed by atoms with E-state index in [2.05, 4.69) is 25.3 Å². The minimum atomic E-state index is 0.713. The second kappa shape index (κ2) is 6.19. The molecule has 0 unspecified atom stereocenters. The van der Waals surface area contributed by atoms with Gasteiger partial charge in [-0.3, -0.25) is 4.68 Å². The van der Waals surface area contributed by atoms with Crippen LogP contribution in [0.15, 0.2) is 48.9 Å². The van der Waals surface area contributed by atoms with Crippen LogP contribution >= 0.6 is 0 Å². The van der Waals surface area contributed by atoms with Gasteiger partial charge in [-0.1, -0.05) is 18.2 Å². The molecule has 1 aliphatic rings. The summed E-state index contributed by atoms with van der Waals surface area (Å²) in [5, 5.41) is 7.65. The minimum absolute atomic E-state index is 0.713. The molecule has 7 heteroatoms. The third-order valence-electron chi connectivity index (χ3n) is 4.08. The molecule has 1 aromatic carbocycles. The normalized spacial score (nSPS) is 13.5. The van der Waals surface area contributed by atoms with Crippen LogP contribution in [0.1, 0.15) is 5.69 Å². The fourth-order valence-corrected chi connectivity index (χ4v) is 2.84. The predicted octanol–water partition coefficient (Wildman–Crippen LogP) is 2.45. The van der Waals surface area contributed by atoms with E-state index in [1.165, 1.54) is 0 Å². The van der Waals surface area contributed by atoms with Gasteiger partial charge in [0, 0.05) is 18.3 Å². The van der Waals surface area contributed by atoms with Crippen molar-refractivity contribution in [2.75, 3.05) is 23.9 Å². The van der Waals surface area contributed by atoms with Crippen LogP contribution in [0.2, 0.25) is 0 Å². The highest BCUT2D eigenvalue weighted by atomic mass is 16.5. The molecule has 1 aliphatic heterocycles. The van der Waals surface area contributed by atoms with Gasteiger partial charge in [-0.2, -0.15) is 5.10 Å². The molecule has 0 saturated heterocycles. The summed E-state index contributed by atoms with van der Waals surface area (Å²) in [6.45, 7) is 2.37. The molecule has 0 fully saturated rings. The molecule has 0 atom stereocenters. The molecule has 7 nitrogen and oxygen atoms in total. The number of hydrogen-bond donors (Lipinski definition) is 1. The summed E-state index contributed by atoms with van der Waals surface area (Å²) in [7, 11) is 1.67. The van der Waals surface area contributed by atoms with Crippen LogP contribution in [-0.2, 0) is 13.1 Å². The molecule has 2 aromatic heterocycles. The number of methoxy groups -OCH3 is 1. The van der Waals surface area contributed by atoms with Gasteiger partial charge in [0.2, 0.25) is 0 Å². The van der Waals surface area contributed by atoms with Gasteiger partial charge in [0.1, 0.15) is 18.0 Å². The van der Waals surface area contributed by atoms with Crippen LogP contribution in [0.3, 0.4) is 0 Å². The molecule has 0 bridgehead atoms. The Hall–Kier alpha value is -3.09. The van der Waals surface area contributed by atoms with Gasteiger partial charge in [0.15, 0.2) is 5.75 Å². The van der Waals surface area contributed by atoms with Crippen molar-refractivity contribution in [1.29, 1.82) is 0 Å². The van der Waals surface area contributed by atoms with Crippen LogP contribution in [0, 0.1) is 0 Å². The number of fused-ring (bicyclic) bond motifs is 1. The highest BCUT2D eigenvalue weighted by molar-refractivity contribution is 5.59. The summed E-state index contributed by atoms with van der Waals surface area (Å²) < 4.78 is 7.37. The molecule has 0 aliphatic carbocycles. The van der Waals surface area contributed by atoms with Gasteiger partial charge >= 0.3 is 0 Å². The van der Waals surface area contributed by atoms with E-state index in [9.17, 15) is 0 Å². The number of rotatable bonds is 4. The number of nitrogens with zero attached hydrogens (tertiary/aromatic N) is 5. The summed E-state index contributed by atoms with van der Waals surface area (Å²) >= 11 is 0. The maximum atomic E-state index is 5.38. The molecule has 3 aromatic rings. The van der Waals surface area contributed by atoms with Crippen LogP contribution in [-0.4, -0.2) is 33.4 Å². The molecular formula is C17H18N6O. The van der Waals surface area contributed by atoms with Crippen molar-refractivity contribution >= 4 is 17.3 Å². The van der Waals surface area contributed by atoms with Crippen molar-refractivity contribution in [3.05, 3.63) is 54.6 Å². The van der Waals surface area contributed by atoms with E-state index in [-0.39, 0.29) is 0 Å². The van der Waals surface area contributed by atoms with Crippen LogP contribution in [0.4, 0.5) is 17.3 Å². The number of ether oxygens (including phenoxy) is 1. The largest absolute Gasteiger partial charge is 0.493 e. The van der Waals surface area contributed by atoms with E-state index in [4.69, 9.17) is 4.74 Å². The third kappa shape index (κ3) is 2.76. The number of para-hydroxylation sites is 1. The van der Waals surface area contributed by atoms with E-state index in [0.717, 1.165) is 41.9 Å². The molecule has 1 N–H and O–H groups in total. The van der Waals surface area contributed by atoms with Gasteiger partial charge in [-0.15, -0.1) is 0 Å². The monoisotopic (exact) mass is 322 g/mol. The highest BCUT2D eigenvalue weighted by Crippen LogP contribution is 2.26. The maximum absolute atomic E-state index is 5.38. The number of anilines is 3. The Morgan fingerprint density at radius 3 is 2.83 bits per heavy atom. The summed E-state index contributed by atoms with van der Waals surface area (Å²) in [6, 6.07) is 11.9.